The lowest BCUT2D eigenvalue weighted by atomic mass is 10.0. The van der Waals surface area contributed by atoms with Crippen molar-refractivity contribution in [3.8, 4) is 0 Å². The SMILES string of the molecule is C=CC1=C(C(=O)O)N2C(=O)C(NC(=O)C(=NOC3C=CCC3)c3csc(N)n3)[C@@H]2SC1. The normalized spacial score (nSPS) is 25.2. The van der Waals surface area contributed by atoms with Crippen LogP contribution in [0.4, 0.5) is 5.13 Å². The Balaban J connectivity index is 1.53. The lowest BCUT2D eigenvalue weighted by Crippen LogP contribution is -2.71. The van der Waals surface area contributed by atoms with Crippen molar-refractivity contribution in [2.24, 2.45) is 5.16 Å². The van der Waals surface area contributed by atoms with Gasteiger partial charge >= 0.3 is 5.97 Å². The molecule has 1 aromatic rings. The van der Waals surface area contributed by atoms with Crippen molar-refractivity contribution in [2.75, 3.05) is 11.5 Å². The third-order valence-electron chi connectivity index (χ3n) is 4.96. The van der Waals surface area contributed by atoms with E-state index in [1.807, 2.05) is 12.2 Å². The number of thioether (sulfide) groups is 1. The zero-order chi connectivity index (χ0) is 22.1. The number of rotatable bonds is 7. The van der Waals surface area contributed by atoms with Crippen LogP contribution in [0.25, 0.3) is 0 Å². The number of hydrogen-bond acceptors (Lipinski definition) is 9. The van der Waals surface area contributed by atoms with Crippen LogP contribution in [0.5, 0.6) is 0 Å². The van der Waals surface area contributed by atoms with Crippen LogP contribution >= 0.6 is 23.1 Å². The van der Waals surface area contributed by atoms with Gasteiger partial charge in [0.25, 0.3) is 11.8 Å². The Morgan fingerprint density at radius 3 is 2.90 bits per heavy atom. The van der Waals surface area contributed by atoms with Crippen molar-refractivity contribution in [2.45, 2.75) is 30.4 Å². The molecule has 10 nitrogen and oxygen atoms in total. The molecule has 12 heteroatoms. The van der Waals surface area contributed by atoms with E-state index in [1.54, 1.807) is 5.38 Å². The van der Waals surface area contributed by atoms with Gasteiger partial charge < -0.3 is 21.0 Å². The zero-order valence-corrected chi connectivity index (χ0v) is 17.8. The first kappa shape index (κ1) is 21.1. The lowest BCUT2D eigenvalue weighted by Gasteiger charge is -2.49. The van der Waals surface area contributed by atoms with Crippen molar-refractivity contribution < 1.29 is 24.3 Å². The fourth-order valence-corrected chi connectivity index (χ4v) is 5.31. The summed E-state index contributed by atoms with van der Waals surface area (Å²) in [7, 11) is 0. The molecular formula is C19H19N5O5S2. The maximum absolute atomic E-state index is 13.0. The molecule has 31 heavy (non-hydrogen) atoms. The van der Waals surface area contributed by atoms with E-state index in [4.69, 9.17) is 10.6 Å². The number of carbonyl (C=O) groups is 3. The Labute approximate surface area is 185 Å². The van der Waals surface area contributed by atoms with E-state index in [1.165, 1.54) is 22.7 Å². The molecule has 0 saturated carbocycles. The fraction of sp³-hybridized carbons (Fsp3) is 0.316. The quantitative estimate of drug-likeness (QED) is 0.237. The molecule has 0 spiro atoms. The highest BCUT2D eigenvalue weighted by Gasteiger charge is 2.54. The predicted octanol–water partition coefficient (Wildman–Crippen LogP) is 1.09. The molecule has 0 radical (unpaired) electrons. The highest BCUT2D eigenvalue weighted by Crippen LogP contribution is 2.40. The number of hydrogen-bond donors (Lipinski definition) is 3. The topological polar surface area (TPSA) is 147 Å². The summed E-state index contributed by atoms with van der Waals surface area (Å²) >= 11 is 2.50. The van der Waals surface area contributed by atoms with E-state index < -0.39 is 29.2 Å². The van der Waals surface area contributed by atoms with Crippen LogP contribution in [-0.2, 0) is 19.2 Å². The first-order chi connectivity index (χ1) is 14.9. The second-order valence-corrected chi connectivity index (χ2v) is 8.90. The standard InChI is InChI=1S/C19H19N5O5S2/c1-2-9-7-30-17-13(16(26)24(17)14(9)18(27)28)22-15(25)12(11-8-31-19(20)21-11)23-29-10-5-3-4-6-10/h2-3,5,8,10,13,17H,1,4,6-7H2,(H2,20,21)(H,22,25)(H,27,28)/t10?,13?,17-/m0/s1. The Hall–Kier alpha value is -3.12. The van der Waals surface area contributed by atoms with Gasteiger partial charge in [0.05, 0.1) is 0 Å². The Morgan fingerprint density at radius 1 is 1.48 bits per heavy atom. The number of nitrogens with two attached hydrogens (primary N) is 1. The summed E-state index contributed by atoms with van der Waals surface area (Å²) in [5, 5.41) is 17.4. The number of nitrogens with one attached hydrogen (secondary N) is 1. The number of amides is 2. The minimum Gasteiger partial charge on any atom is -0.477 e. The molecule has 1 saturated heterocycles. The van der Waals surface area contributed by atoms with Gasteiger partial charge in [0.1, 0.15) is 28.9 Å². The van der Waals surface area contributed by atoms with Crippen LogP contribution < -0.4 is 11.1 Å². The second-order valence-electron chi connectivity index (χ2n) is 6.90. The van der Waals surface area contributed by atoms with Crippen molar-refractivity contribution >= 4 is 51.7 Å². The number of thiazole rings is 1. The largest absolute Gasteiger partial charge is 0.477 e. The Bertz CT molecular complexity index is 1050. The number of aromatic nitrogens is 1. The molecule has 1 aromatic heterocycles. The number of carboxylic acids is 1. The molecule has 3 aliphatic rings. The molecule has 4 rings (SSSR count). The van der Waals surface area contributed by atoms with Crippen LogP contribution in [0.3, 0.4) is 0 Å². The smallest absolute Gasteiger partial charge is 0.352 e. The first-order valence-corrected chi connectivity index (χ1v) is 11.3. The van der Waals surface area contributed by atoms with Gasteiger partial charge in [-0.15, -0.1) is 23.1 Å². The molecule has 4 N–H and O–H groups in total. The Kier molecular flexibility index (Phi) is 5.83. The average Bonchev–Trinajstić information content (AvgIpc) is 3.42. The number of oxime groups is 1. The highest BCUT2D eigenvalue weighted by atomic mass is 32.2. The van der Waals surface area contributed by atoms with E-state index in [0.717, 1.165) is 24.2 Å². The number of aliphatic carboxylic acids is 1. The van der Waals surface area contributed by atoms with Crippen molar-refractivity contribution in [1.29, 1.82) is 0 Å². The molecule has 2 unspecified atom stereocenters. The molecule has 1 aliphatic carbocycles. The molecule has 2 amide bonds. The average molecular weight is 462 g/mol. The van der Waals surface area contributed by atoms with Gasteiger partial charge in [0, 0.05) is 11.1 Å². The summed E-state index contributed by atoms with van der Waals surface area (Å²) in [6.07, 6.45) is 6.63. The summed E-state index contributed by atoms with van der Waals surface area (Å²) in [6.45, 7) is 3.61. The van der Waals surface area contributed by atoms with Crippen LogP contribution in [-0.4, -0.2) is 61.8 Å². The van der Waals surface area contributed by atoms with Gasteiger partial charge in [-0.05, 0) is 24.5 Å². The number of carbonyl (C=O) groups excluding carboxylic acids is 2. The fourth-order valence-electron chi connectivity index (χ4n) is 3.42. The van der Waals surface area contributed by atoms with Gasteiger partial charge in [-0.25, -0.2) is 9.78 Å². The van der Waals surface area contributed by atoms with Gasteiger partial charge in [0.2, 0.25) is 0 Å². The van der Waals surface area contributed by atoms with Crippen molar-refractivity contribution in [3.63, 3.8) is 0 Å². The second kappa shape index (κ2) is 8.55. The third kappa shape index (κ3) is 3.95. The van der Waals surface area contributed by atoms with Gasteiger partial charge in [-0.2, -0.15) is 0 Å². The number of carboxylic acid groups (broad SMARTS) is 1. The van der Waals surface area contributed by atoms with Gasteiger partial charge in [0.15, 0.2) is 10.8 Å². The molecule has 1 fully saturated rings. The van der Waals surface area contributed by atoms with Crippen LogP contribution in [0.2, 0.25) is 0 Å². The van der Waals surface area contributed by atoms with Crippen LogP contribution in [0, 0.1) is 0 Å². The number of anilines is 1. The van der Waals surface area contributed by atoms with Gasteiger partial charge in [-0.1, -0.05) is 23.9 Å². The van der Waals surface area contributed by atoms with Crippen molar-refractivity contribution in [3.05, 3.63) is 47.2 Å². The minimum absolute atomic E-state index is 0.0962. The van der Waals surface area contributed by atoms with E-state index in [2.05, 4.69) is 22.0 Å². The van der Waals surface area contributed by atoms with E-state index >= 15 is 0 Å². The number of nitrogens with zero attached hydrogens (tertiary/aromatic N) is 3. The monoisotopic (exact) mass is 461 g/mol. The molecule has 0 bridgehead atoms. The van der Waals surface area contributed by atoms with E-state index in [0.29, 0.717) is 11.3 Å². The summed E-state index contributed by atoms with van der Waals surface area (Å²) < 4.78 is 0. The van der Waals surface area contributed by atoms with Crippen LogP contribution in [0.1, 0.15) is 18.5 Å². The molecular weight excluding hydrogens is 442 g/mol. The molecule has 3 heterocycles. The summed E-state index contributed by atoms with van der Waals surface area (Å²) in [4.78, 5) is 48.0. The molecule has 3 atom stereocenters. The summed E-state index contributed by atoms with van der Waals surface area (Å²) in [5.74, 6) is -2.01. The van der Waals surface area contributed by atoms with Crippen molar-refractivity contribution in [1.82, 2.24) is 15.2 Å². The number of fused-ring (bicyclic) bond motifs is 1. The Morgan fingerprint density at radius 2 is 2.29 bits per heavy atom. The van der Waals surface area contributed by atoms with Gasteiger partial charge in [-0.3, -0.25) is 14.5 Å². The minimum atomic E-state index is -1.21. The predicted molar refractivity (Wildman–Crippen MR) is 116 cm³/mol. The molecule has 0 aromatic carbocycles. The van der Waals surface area contributed by atoms with E-state index in [-0.39, 0.29) is 28.3 Å². The molecule has 162 valence electrons. The summed E-state index contributed by atoms with van der Waals surface area (Å²) in [6, 6.07) is -0.897. The van der Waals surface area contributed by atoms with E-state index in [9.17, 15) is 19.5 Å². The number of nitrogen functional groups attached to an aromatic ring is 1. The third-order valence-corrected chi connectivity index (χ3v) is 6.94. The highest BCUT2D eigenvalue weighted by molar-refractivity contribution is 8.00. The summed E-state index contributed by atoms with van der Waals surface area (Å²) in [5.41, 5.74) is 6.19. The maximum atomic E-state index is 13.0. The number of allylic oxidation sites excluding steroid dienone is 2. The first-order valence-electron chi connectivity index (χ1n) is 9.37. The maximum Gasteiger partial charge on any atom is 0.352 e. The zero-order valence-electron chi connectivity index (χ0n) is 16.2. The lowest BCUT2D eigenvalue weighted by molar-refractivity contribution is -0.150. The number of β-lactam (4-membered cyclic amide) rings is 1. The molecule has 2 aliphatic heterocycles. The van der Waals surface area contributed by atoms with Crippen LogP contribution in [0.15, 0.2) is 46.6 Å².